The molecule has 0 spiro atoms. The lowest BCUT2D eigenvalue weighted by molar-refractivity contribution is 0.592. The normalized spacial score (nSPS) is 10.6. The topological polar surface area (TPSA) is 23.8 Å². The highest BCUT2D eigenvalue weighted by atomic mass is 14.2. The van der Waals surface area contributed by atoms with Crippen LogP contribution in [-0.4, -0.2) is 0 Å². The van der Waals surface area contributed by atoms with Gasteiger partial charge in [-0.2, -0.15) is 5.26 Å². The fourth-order valence-electron chi connectivity index (χ4n) is 1.47. The van der Waals surface area contributed by atoms with E-state index in [1.54, 1.807) is 0 Å². The quantitative estimate of drug-likeness (QED) is 0.388. The van der Waals surface area contributed by atoms with Gasteiger partial charge in [-0.3, -0.25) is 0 Å². The third-order valence-corrected chi connectivity index (χ3v) is 2.35. The van der Waals surface area contributed by atoms with E-state index < -0.39 is 0 Å². The van der Waals surface area contributed by atoms with E-state index in [2.05, 4.69) is 19.1 Å². The van der Waals surface area contributed by atoms with Gasteiger partial charge in [0.25, 0.3) is 0 Å². The molecule has 1 heteroatoms. The number of rotatable bonds is 9. The first-order valence-corrected chi connectivity index (χ1v) is 5.93. The second-order valence-electron chi connectivity index (χ2n) is 3.74. The Hall–Kier alpha value is -0.770. The standard InChI is InChI=1S/C13H23N/c1-2-3-4-5-6-7-8-9-10-11-12-13-14/h10-11H,2-9,12H2,1H3/b11-10-. The smallest absolute Gasteiger partial charge is 0.0663 e. The monoisotopic (exact) mass is 193 g/mol. The summed E-state index contributed by atoms with van der Waals surface area (Å²) in [5, 5.41) is 8.29. The second-order valence-corrected chi connectivity index (χ2v) is 3.74. The van der Waals surface area contributed by atoms with Crippen molar-refractivity contribution in [1.29, 1.82) is 5.26 Å². The van der Waals surface area contributed by atoms with Crippen LogP contribution in [-0.2, 0) is 0 Å². The molecule has 0 saturated heterocycles. The lowest BCUT2D eigenvalue weighted by atomic mass is 10.1. The maximum absolute atomic E-state index is 8.29. The van der Waals surface area contributed by atoms with Gasteiger partial charge < -0.3 is 0 Å². The van der Waals surface area contributed by atoms with Crippen LogP contribution in [0.4, 0.5) is 0 Å². The van der Waals surface area contributed by atoms with Gasteiger partial charge in [0.2, 0.25) is 0 Å². The van der Waals surface area contributed by atoms with E-state index in [0.29, 0.717) is 6.42 Å². The summed E-state index contributed by atoms with van der Waals surface area (Å²) in [5.74, 6) is 0. The van der Waals surface area contributed by atoms with E-state index in [4.69, 9.17) is 5.26 Å². The lowest BCUT2D eigenvalue weighted by Gasteiger charge is -1.98. The molecule has 0 aromatic carbocycles. The highest BCUT2D eigenvalue weighted by molar-refractivity contribution is 4.90. The number of nitriles is 1. The number of hydrogen-bond acceptors (Lipinski definition) is 1. The number of nitrogens with zero attached hydrogens (tertiary/aromatic N) is 1. The Kier molecular flexibility index (Phi) is 11.6. The molecule has 0 fully saturated rings. The summed E-state index contributed by atoms with van der Waals surface area (Å²) in [5.41, 5.74) is 0. The van der Waals surface area contributed by atoms with Gasteiger partial charge in [-0.25, -0.2) is 0 Å². The Morgan fingerprint density at radius 2 is 1.57 bits per heavy atom. The van der Waals surface area contributed by atoms with Crippen LogP contribution in [0.2, 0.25) is 0 Å². The minimum Gasteiger partial charge on any atom is -0.198 e. The van der Waals surface area contributed by atoms with Crippen molar-refractivity contribution in [1.82, 2.24) is 0 Å². The van der Waals surface area contributed by atoms with Crippen molar-refractivity contribution in [3.63, 3.8) is 0 Å². The van der Waals surface area contributed by atoms with E-state index in [1.807, 2.05) is 6.08 Å². The molecule has 0 unspecified atom stereocenters. The van der Waals surface area contributed by atoms with Crippen LogP contribution in [0.3, 0.4) is 0 Å². The molecule has 0 heterocycles. The minimum atomic E-state index is 0.566. The predicted molar refractivity (Wildman–Crippen MR) is 62.0 cm³/mol. The molecule has 1 nitrogen and oxygen atoms in total. The van der Waals surface area contributed by atoms with Gasteiger partial charge in [0.1, 0.15) is 0 Å². The third kappa shape index (κ3) is 11.2. The maximum atomic E-state index is 8.29. The predicted octanol–water partition coefficient (Wildman–Crippen LogP) is 4.60. The Bertz CT molecular complexity index is 165. The van der Waals surface area contributed by atoms with Crippen LogP contribution in [0.5, 0.6) is 0 Å². The zero-order valence-electron chi connectivity index (χ0n) is 9.47. The molecule has 0 amide bonds. The molecule has 0 aliphatic heterocycles. The molecular formula is C13H23N. The van der Waals surface area contributed by atoms with Gasteiger partial charge >= 0.3 is 0 Å². The van der Waals surface area contributed by atoms with E-state index in [1.165, 1.54) is 44.9 Å². The molecule has 0 aromatic heterocycles. The molecule has 0 bridgehead atoms. The van der Waals surface area contributed by atoms with Gasteiger partial charge in [0.05, 0.1) is 12.5 Å². The molecule has 0 radical (unpaired) electrons. The SMILES string of the molecule is CCCCCCCCC/C=C\CC#N. The fourth-order valence-corrected chi connectivity index (χ4v) is 1.47. The Labute approximate surface area is 88.8 Å². The van der Waals surface area contributed by atoms with Gasteiger partial charge in [-0.1, -0.05) is 57.6 Å². The molecule has 0 aliphatic rings. The molecule has 0 saturated carbocycles. The first-order chi connectivity index (χ1) is 6.91. The number of unbranched alkanes of at least 4 members (excludes halogenated alkanes) is 7. The van der Waals surface area contributed by atoms with Gasteiger partial charge in [0, 0.05) is 0 Å². The number of allylic oxidation sites excluding steroid dienone is 2. The summed E-state index contributed by atoms with van der Waals surface area (Å²) in [6.07, 6.45) is 15.4. The van der Waals surface area contributed by atoms with Gasteiger partial charge in [-0.15, -0.1) is 0 Å². The van der Waals surface area contributed by atoms with Crippen molar-refractivity contribution in [3.05, 3.63) is 12.2 Å². The molecule has 0 aromatic rings. The van der Waals surface area contributed by atoms with Crippen LogP contribution in [0, 0.1) is 11.3 Å². The molecular weight excluding hydrogens is 170 g/mol. The van der Waals surface area contributed by atoms with Crippen molar-refractivity contribution < 1.29 is 0 Å². The van der Waals surface area contributed by atoms with E-state index in [-0.39, 0.29) is 0 Å². The zero-order chi connectivity index (χ0) is 10.5. The van der Waals surface area contributed by atoms with Crippen molar-refractivity contribution in [2.45, 2.75) is 64.7 Å². The molecule has 80 valence electrons. The Morgan fingerprint density at radius 1 is 0.929 bits per heavy atom. The van der Waals surface area contributed by atoms with Crippen LogP contribution < -0.4 is 0 Å². The van der Waals surface area contributed by atoms with E-state index >= 15 is 0 Å². The van der Waals surface area contributed by atoms with Crippen LogP contribution in [0.1, 0.15) is 64.7 Å². The molecule has 0 atom stereocenters. The zero-order valence-corrected chi connectivity index (χ0v) is 9.47. The summed E-state index contributed by atoms with van der Waals surface area (Å²) in [6.45, 7) is 2.25. The van der Waals surface area contributed by atoms with Crippen LogP contribution in [0.15, 0.2) is 12.2 Å². The fraction of sp³-hybridized carbons (Fsp3) is 0.769. The third-order valence-electron chi connectivity index (χ3n) is 2.35. The van der Waals surface area contributed by atoms with Crippen molar-refractivity contribution >= 4 is 0 Å². The lowest BCUT2D eigenvalue weighted by Crippen LogP contribution is -1.78. The maximum Gasteiger partial charge on any atom is 0.0663 e. The summed E-state index contributed by atoms with van der Waals surface area (Å²) in [4.78, 5) is 0. The average Bonchev–Trinajstić information content (AvgIpc) is 2.21. The molecule has 0 rings (SSSR count). The largest absolute Gasteiger partial charge is 0.198 e. The minimum absolute atomic E-state index is 0.566. The highest BCUT2D eigenvalue weighted by Gasteiger charge is 1.88. The van der Waals surface area contributed by atoms with Gasteiger partial charge in [0.15, 0.2) is 0 Å². The average molecular weight is 193 g/mol. The first-order valence-electron chi connectivity index (χ1n) is 5.93. The molecule has 14 heavy (non-hydrogen) atoms. The number of hydrogen-bond donors (Lipinski definition) is 0. The first kappa shape index (κ1) is 13.2. The summed E-state index contributed by atoms with van der Waals surface area (Å²) in [7, 11) is 0. The molecule has 0 N–H and O–H groups in total. The van der Waals surface area contributed by atoms with Gasteiger partial charge in [-0.05, 0) is 12.8 Å². The van der Waals surface area contributed by atoms with Crippen molar-refractivity contribution in [2.24, 2.45) is 0 Å². The summed E-state index contributed by atoms with van der Waals surface area (Å²) >= 11 is 0. The van der Waals surface area contributed by atoms with Crippen molar-refractivity contribution in [2.75, 3.05) is 0 Å². The van der Waals surface area contributed by atoms with E-state index in [0.717, 1.165) is 6.42 Å². The van der Waals surface area contributed by atoms with Crippen LogP contribution in [0.25, 0.3) is 0 Å². The summed E-state index contributed by atoms with van der Waals surface area (Å²) in [6, 6.07) is 2.11. The summed E-state index contributed by atoms with van der Waals surface area (Å²) < 4.78 is 0. The Balaban J connectivity index is 2.96. The second kappa shape index (κ2) is 12.2. The van der Waals surface area contributed by atoms with Crippen LogP contribution >= 0.6 is 0 Å². The Morgan fingerprint density at radius 3 is 2.21 bits per heavy atom. The molecule has 0 aliphatic carbocycles. The van der Waals surface area contributed by atoms with Crippen molar-refractivity contribution in [3.8, 4) is 6.07 Å². The highest BCUT2D eigenvalue weighted by Crippen LogP contribution is 2.08. The van der Waals surface area contributed by atoms with E-state index in [9.17, 15) is 0 Å².